The summed E-state index contributed by atoms with van der Waals surface area (Å²) in [5.74, 6) is -0.179. The molecular formula is C10H15BrN2O2. The van der Waals surface area contributed by atoms with Gasteiger partial charge in [0.1, 0.15) is 0 Å². The molecule has 0 radical (unpaired) electrons. The molecule has 0 atom stereocenters. The van der Waals surface area contributed by atoms with Crippen LogP contribution in [0.5, 0.6) is 0 Å². The summed E-state index contributed by atoms with van der Waals surface area (Å²) in [4.78, 5) is 11.1. The molecule has 0 fully saturated rings. The Bertz CT molecular complexity index is 361. The third-order valence-electron chi connectivity index (χ3n) is 2.13. The Morgan fingerprint density at radius 1 is 1.53 bits per heavy atom. The minimum Gasteiger partial charge on any atom is -0.466 e. The van der Waals surface area contributed by atoms with Gasteiger partial charge in [0.15, 0.2) is 0 Å². The summed E-state index contributed by atoms with van der Waals surface area (Å²) in [6.45, 7) is 6.70. The fourth-order valence-corrected chi connectivity index (χ4v) is 1.61. The van der Waals surface area contributed by atoms with Crippen LogP contribution < -0.4 is 0 Å². The lowest BCUT2D eigenvalue weighted by atomic mass is 10.4. The van der Waals surface area contributed by atoms with Crippen molar-refractivity contribution >= 4 is 21.9 Å². The second kappa shape index (κ2) is 5.30. The van der Waals surface area contributed by atoms with Gasteiger partial charge >= 0.3 is 5.97 Å². The van der Waals surface area contributed by atoms with Crippen molar-refractivity contribution in [2.24, 2.45) is 0 Å². The molecule has 1 aromatic heterocycles. The van der Waals surface area contributed by atoms with E-state index in [0.717, 1.165) is 15.9 Å². The minimum absolute atomic E-state index is 0.179. The molecule has 0 aliphatic rings. The zero-order valence-corrected chi connectivity index (χ0v) is 10.8. The Balaban J connectivity index is 2.58. The zero-order valence-electron chi connectivity index (χ0n) is 9.21. The lowest BCUT2D eigenvalue weighted by Crippen LogP contribution is -2.10. The number of aromatic nitrogens is 2. The maximum atomic E-state index is 11.1. The van der Waals surface area contributed by atoms with Gasteiger partial charge in [-0.25, -0.2) is 0 Å². The summed E-state index contributed by atoms with van der Waals surface area (Å²) < 4.78 is 7.67. The van der Waals surface area contributed by atoms with Gasteiger partial charge in [0.05, 0.1) is 29.7 Å². The summed E-state index contributed by atoms with van der Waals surface area (Å²) >= 11 is 3.44. The highest BCUT2D eigenvalue weighted by molar-refractivity contribution is 9.10. The van der Waals surface area contributed by atoms with Gasteiger partial charge in [-0.05, 0) is 36.7 Å². The lowest BCUT2D eigenvalue weighted by Gasteiger charge is -2.04. The third-order valence-corrected chi connectivity index (χ3v) is 3.27. The SMILES string of the molecule is CCOC(=O)CCn1nc(C)c(Br)c1C. The molecular weight excluding hydrogens is 260 g/mol. The lowest BCUT2D eigenvalue weighted by molar-refractivity contribution is -0.143. The van der Waals surface area contributed by atoms with Crippen LogP contribution in [0.15, 0.2) is 4.47 Å². The molecule has 0 N–H and O–H groups in total. The zero-order chi connectivity index (χ0) is 11.4. The van der Waals surface area contributed by atoms with Crippen LogP contribution >= 0.6 is 15.9 Å². The maximum absolute atomic E-state index is 11.1. The van der Waals surface area contributed by atoms with Crippen molar-refractivity contribution in [3.63, 3.8) is 0 Å². The number of ether oxygens (including phenoxy) is 1. The van der Waals surface area contributed by atoms with E-state index in [1.807, 2.05) is 18.5 Å². The first-order chi connectivity index (χ1) is 7.06. The number of halogens is 1. The number of hydrogen-bond acceptors (Lipinski definition) is 3. The van der Waals surface area contributed by atoms with Crippen LogP contribution in [0.4, 0.5) is 0 Å². The molecule has 0 amide bonds. The average Bonchev–Trinajstić information content (AvgIpc) is 2.43. The number of carbonyl (C=O) groups excluding carboxylic acids is 1. The Labute approximate surface area is 97.7 Å². The smallest absolute Gasteiger partial charge is 0.307 e. The molecule has 0 aliphatic carbocycles. The van der Waals surface area contributed by atoms with Gasteiger partial charge in [-0.1, -0.05) is 0 Å². The molecule has 0 saturated carbocycles. The molecule has 4 nitrogen and oxygen atoms in total. The predicted molar refractivity (Wildman–Crippen MR) is 60.7 cm³/mol. The highest BCUT2D eigenvalue weighted by Gasteiger charge is 2.10. The van der Waals surface area contributed by atoms with Crippen LogP contribution in [0.2, 0.25) is 0 Å². The van der Waals surface area contributed by atoms with Crippen LogP contribution in [-0.4, -0.2) is 22.4 Å². The molecule has 0 unspecified atom stereocenters. The molecule has 0 bridgehead atoms. The van der Waals surface area contributed by atoms with Gasteiger partial charge in [0.2, 0.25) is 0 Å². The number of carbonyl (C=O) groups is 1. The van der Waals surface area contributed by atoms with Crippen molar-refractivity contribution in [1.82, 2.24) is 9.78 Å². The van der Waals surface area contributed by atoms with Crippen molar-refractivity contribution in [3.05, 3.63) is 15.9 Å². The van der Waals surface area contributed by atoms with E-state index < -0.39 is 0 Å². The number of aryl methyl sites for hydroxylation is 2. The van der Waals surface area contributed by atoms with E-state index in [-0.39, 0.29) is 5.97 Å². The van der Waals surface area contributed by atoms with Crippen molar-refractivity contribution in [3.8, 4) is 0 Å². The normalized spacial score (nSPS) is 10.4. The number of nitrogens with zero attached hydrogens (tertiary/aromatic N) is 2. The molecule has 0 aliphatic heterocycles. The summed E-state index contributed by atoms with van der Waals surface area (Å²) in [6, 6.07) is 0. The van der Waals surface area contributed by atoms with Gasteiger partial charge in [0, 0.05) is 5.69 Å². The fourth-order valence-electron chi connectivity index (χ4n) is 1.32. The molecule has 84 valence electrons. The first-order valence-electron chi connectivity index (χ1n) is 4.91. The maximum Gasteiger partial charge on any atom is 0.307 e. The van der Waals surface area contributed by atoms with E-state index in [9.17, 15) is 4.79 Å². The number of hydrogen-bond donors (Lipinski definition) is 0. The van der Waals surface area contributed by atoms with E-state index in [1.54, 1.807) is 6.92 Å². The highest BCUT2D eigenvalue weighted by Crippen LogP contribution is 2.19. The summed E-state index contributed by atoms with van der Waals surface area (Å²) in [7, 11) is 0. The average molecular weight is 275 g/mol. The van der Waals surface area contributed by atoms with Crippen LogP contribution in [0.3, 0.4) is 0 Å². The standard InChI is InChI=1S/C10H15BrN2O2/c1-4-15-9(14)5-6-13-8(3)10(11)7(2)12-13/h4-6H2,1-3H3. The van der Waals surface area contributed by atoms with E-state index in [0.29, 0.717) is 19.6 Å². The van der Waals surface area contributed by atoms with Crippen LogP contribution in [0, 0.1) is 13.8 Å². The molecule has 0 spiro atoms. The van der Waals surface area contributed by atoms with E-state index in [4.69, 9.17) is 4.74 Å². The Hall–Kier alpha value is -0.840. The van der Waals surface area contributed by atoms with Gasteiger partial charge < -0.3 is 4.74 Å². The summed E-state index contributed by atoms with van der Waals surface area (Å²) in [6.07, 6.45) is 0.363. The second-order valence-electron chi connectivity index (χ2n) is 3.26. The quantitative estimate of drug-likeness (QED) is 0.791. The molecule has 15 heavy (non-hydrogen) atoms. The van der Waals surface area contributed by atoms with Crippen LogP contribution in [0.25, 0.3) is 0 Å². The molecule has 0 aromatic carbocycles. The Kier molecular flexibility index (Phi) is 4.32. The summed E-state index contributed by atoms with van der Waals surface area (Å²) in [5, 5.41) is 4.30. The Morgan fingerprint density at radius 2 is 2.20 bits per heavy atom. The Morgan fingerprint density at radius 3 is 2.67 bits per heavy atom. The largest absolute Gasteiger partial charge is 0.466 e. The molecule has 1 aromatic rings. The van der Waals surface area contributed by atoms with Gasteiger partial charge in [0.25, 0.3) is 0 Å². The van der Waals surface area contributed by atoms with Crippen molar-refractivity contribution in [2.75, 3.05) is 6.61 Å². The molecule has 1 rings (SSSR count). The van der Waals surface area contributed by atoms with Crippen molar-refractivity contribution in [2.45, 2.75) is 33.7 Å². The molecule has 5 heteroatoms. The van der Waals surface area contributed by atoms with Crippen LogP contribution in [-0.2, 0) is 16.1 Å². The van der Waals surface area contributed by atoms with Gasteiger partial charge in [-0.15, -0.1) is 0 Å². The third kappa shape index (κ3) is 3.06. The van der Waals surface area contributed by atoms with E-state index >= 15 is 0 Å². The van der Waals surface area contributed by atoms with Crippen LogP contribution in [0.1, 0.15) is 24.7 Å². The van der Waals surface area contributed by atoms with E-state index in [2.05, 4.69) is 21.0 Å². The first-order valence-corrected chi connectivity index (χ1v) is 5.70. The van der Waals surface area contributed by atoms with Crippen molar-refractivity contribution < 1.29 is 9.53 Å². The fraction of sp³-hybridized carbons (Fsp3) is 0.600. The predicted octanol–water partition coefficient (Wildman–Crippen LogP) is 2.22. The molecule has 1 heterocycles. The van der Waals surface area contributed by atoms with Gasteiger partial charge in [-0.3, -0.25) is 9.48 Å². The first kappa shape index (κ1) is 12.2. The number of rotatable bonds is 4. The topological polar surface area (TPSA) is 44.1 Å². The van der Waals surface area contributed by atoms with Crippen molar-refractivity contribution in [1.29, 1.82) is 0 Å². The van der Waals surface area contributed by atoms with E-state index in [1.165, 1.54) is 0 Å². The summed E-state index contributed by atoms with van der Waals surface area (Å²) in [5.41, 5.74) is 1.98. The second-order valence-corrected chi connectivity index (χ2v) is 4.06. The highest BCUT2D eigenvalue weighted by atomic mass is 79.9. The molecule has 0 saturated heterocycles. The minimum atomic E-state index is -0.179. The monoisotopic (exact) mass is 274 g/mol. The number of esters is 1. The van der Waals surface area contributed by atoms with Gasteiger partial charge in [-0.2, -0.15) is 5.10 Å².